The van der Waals surface area contributed by atoms with Crippen molar-refractivity contribution in [3.63, 3.8) is 0 Å². The fraction of sp³-hybridized carbons (Fsp3) is 0.348. The number of pyridine rings is 1. The van der Waals surface area contributed by atoms with Gasteiger partial charge < -0.3 is 4.57 Å². The van der Waals surface area contributed by atoms with Gasteiger partial charge in [0.2, 0.25) is 0 Å². The lowest BCUT2D eigenvalue weighted by atomic mass is 9.98. The molecule has 0 spiro atoms. The third-order valence-electron chi connectivity index (χ3n) is 5.39. The minimum Gasteiger partial charge on any atom is -0.316 e. The van der Waals surface area contributed by atoms with E-state index in [4.69, 9.17) is 11.6 Å². The van der Waals surface area contributed by atoms with Crippen LogP contribution in [0.5, 0.6) is 0 Å². The first kappa shape index (κ1) is 24.3. The van der Waals surface area contributed by atoms with Crippen LogP contribution in [0.3, 0.4) is 0 Å². The number of hydrogen-bond donors (Lipinski definition) is 0. The van der Waals surface area contributed by atoms with Crippen LogP contribution in [-0.2, 0) is 13.6 Å². The van der Waals surface area contributed by atoms with Crippen LogP contribution >= 0.6 is 11.6 Å². The Labute approximate surface area is 186 Å². The Morgan fingerprint density at radius 3 is 2.42 bits per heavy atom. The van der Waals surface area contributed by atoms with E-state index in [1.165, 1.54) is 15.5 Å². The molecule has 0 bridgehead atoms. The zero-order valence-corrected chi connectivity index (χ0v) is 17.3. The van der Waals surface area contributed by atoms with Crippen molar-refractivity contribution in [3.05, 3.63) is 79.7 Å². The molecule has 0 radical (unpaired) electrons. The number of hydrogen-bond acceptors (Lipinski definition) is 3. The molecule has 8 heteroatoms. The second kappa shape index (κ2) is 8.67. The molecule has 1 amide bonds. The number of rotatable bonds is 3. The summed E-state index contributed by atoms with van der Waals surface area (Å²) in [5.74, 6) is -0.828. The molecule has 2 aromatic heterocycles. The number of anilines is 1. The van der Waals surface area contributed by atoms with Gasteiger partial charge in [-0.3, -0.25) is 19.2 Å². The van der Waals surface area contributed by atoms with Gasteiger partial charge in [0.15, 0.2) is 5.69 Å². The number of carbonyl (C=O) groups is 1. The summed E-state index contributed by atoms with van der Waals surface area (Å²) in [7, 11) is 1.62. The minimum atomic E-state index is -0.702. The first-order valence-corrected chi connectivity index (χ1v) is 9.65. The van der Waals surface area contributed by atoms with Gasteiger partial charge in [0.25, 0.3) is 11.5 Å². The molecule has 166 valence electrons. The molecule has 1 aromatic carbocycles. The Bertz CT molecular complexity index is 1190. The van der Waals surface area contributed by atoms with Gasteiger partial charge in [-0.2, -0.15) is 5.10 Å². The van der Waals surface area contributed by atoms with E-state index < -0.39 is 11.9 Å². The quantitative estimate of drug-likeness (QED) is 0.566. The molecule has 3 heterocycles. The molecule has 0 aliphatic carbocycles. The van der Waals surface area contributed by atoms with Crippen molar-refractivity contribution < 1.29 is 9.18 Å². The van der Waals surface area contributed by atoms with Gasteiger partial charge in [-0.25, -0.2) is 4.39 Å². The molecule has 0 fully saturated rings. The Balaban J connectivity index is 0.00000171. The van der Waals surface area contributed by atoms with Crippen LogP contribution in [0.1, 0.15) is 60.7 Å². The normalized spacial score (nSPS) is 14.8. The van der Waals surface area contributed by atoms with Crippen LogP contribution in [0.2, 0.25) is 5.02 Å². The average Bonchev–Trinajstić information content (AvgIpc) is 3.14. The number of aryl methyl sites for hydroxylation is 3. The van der Waals surface area contributed by atoms with E-state index in [1.807, 2.05) is 13.8 Å². The van der Waals surface area contributed by atoms with Crippen LogP contribution in [0.4, 0.5) is 10.1 Å². The van der Waals surface area contributed by atoms with Gasteiger partial charge in [-0.15, -0.1) is 0 Å². The maximum atomic E-state index is 15.0. The molecule has 4 rings (SSSR count). The molecule has 0 saturated heterocycles. The second-order valence-corrected chi connectivity index (χ2v) is 7.64. The molecule has 3 aromatic rings. The van der Waals surface area contributed by atoms with Crippen LogP contribution in [0.25, 0.3) is 0 Å². The predicted octanol–water partition coefficient (Wildman–Crippen LogP) is 5.03. The number of fused-ring (bicyclic) bond motifs is 1. The van der Waals surface area contributed by atoms with Crippen LogP contribution in [-0.4, -0.2) is 20.3 Å². The van der Waals surface area contributed by atoms with E-state index in [9.17, 15) is 14.0 Å². The van der Waals surface area contributed by atoms with E-state index in [2.05, 4.69) is 5.10 Å². The van der Waals surface area contributed by atoms with Crippen LogP contribution < -0.4 is 10.5 Å². The zero-order chi connectivity index (χ0) is 21.0. The summed E-state index contributed by atoms with van der Waals surface area (Å²) >= 11 is 5.95. The Hall–Kier alpha value is -2.93. The molecular formula is C23H28ClFN4O2. The Morgan fingerprint density at radius 1 is 1.16 bits per heavy atom. The van der Waals surface area contributed by atoms with E-state index in [0.29, 0.717) is 34.6 Å². The molecule has 1 aliphatic heterocycles. The lowest BCUT2D eigenvalue weighted by molar-refractivity contribution is 0.0987. The fourth-order valence-corrected chi connectivity index (χ4v) is 4.14. The maximum absolute atomic E-state index is 15.0. The van der Waals surface area contributed by atoms with Crippen LogP contribution in [0, 0.1) is 19.7 Å². The number of amides is 1. The van der Waals surface area contributed by atoms with E-state index in [1.54, 1.807) is 43.0 Å². The molecule has 1 unspecified atom stereocenters. The zero-order valence-electron chi connectivity index (χ0n) is 16.5. The molecular weight excluding hydrogens is 419 g/mol. The topological polar surface area (TPSA) is 60.1 Å². The van der Waals surface area contributed by atoms with Crippen molar-refractivity contribution in [2.75, 3.05) is 4.90 Å². The van der Waals surface area contributed by atoms with Gasteiger partial charge in [0.1, 0.15) is 5.82 Å². The monoisotopic (exact) mass is 446 g/mol. The summed E-state index contributed by atoms with van der Waals surface area (Å²) < 4.78 is 18.1. The summed E-state index contributed by atoms with van der Waals surface area (Å²) in [4.78, 5) is 27.0. The number of halogens is 2. The van der Waals surface area contributed by atoms with Crippen molar-refractivity contribution in [2.45, 2.75) is 48.2 Å². The first-order valence-electron chi connectivity index (χ1n) is 9.27. The number of benzene rings is 1. The SMILES string of the molecule is C.C.CCn1nc2c(c1C)C(c1ccc(Cl)cc1F)N(c1cc(C)c(=O)n(C)c1)C2=O. The summed E-state index contributed by atoms with van der Waals surface area (Å²) in [6, 6.07) is 5.38. The lowest BCUT2D eigenvalue weighted by Crippen LogP contribution is -2.32. The predicted molar refractivity (Wildman–Crippen MR) is 123 cm³/mol. The van der Waals surface area contributed by atoms with Gasteiger partial charge in [0.05, 0.1) is 11.7 Å². The van der Waals surface area contributed by atoms with Gasteiger partial charge in [-0.05, 0) is 39.0 Å². The number of aromatic nitrogens is 3. The lowest BCUT2D eigenvalue weighted by Gasteiger charge is -2.27. The average molecular weight is 447 g/mol. The molecule has 0 N–H and O–H groups in total. The Morgan fingerprint density at radius 2 is 1.84 bits per heavy atom. The maximum Gasteiger partial charge on any atom is 0.280 e. The number of nitrogens with zero attached hydrogens (tertiary/aromatic N) is 4. The van der Waals surface area contributed by atoms with Crippen LogP contribution in [0.15, 0.2) is 35.3 Å². The largest absolute Gasteiger partial charge is 0.316 e. The van der Waals surface area contributed by atoms with E-state index >= 15 is 0 Å². The van der Waals surface area contributed by atoms with Crippen molar-refractivity contribution >= 4 is 23.2 Å². The smallest absolute Gasteiger partial charge is 0.280 e. The molecule has 1 atom stereocenters. The second-order valence-electron chi connectivity index (χ2n) is 7.20. The van der Waals surface area contributed by atoms with Crippen molar-refractivity contribution in [1.29, 1.82) is 0 Å². The van der Waals surface area contributed by atoms with Gasteiger partial charge >= 0.3 is 0 Å². The highest BCUT2D eigenvalue weighted by atomic mass is 35.5. The van der Waals surface area contributed by atoms with Gasteiger partial charge in [0, 0.05) is 47.2 Å². The molecule has 6 nitrogen and oxygen atoms in total. The third kappa shape index (κ3) is 3.67. The fourth-order valence-electron chi connectivity index (χ4n) is 3.99. The summed E-state index contributed by atoms with van der Waals surface area (Å²) in [5.41, 5.74) is 2.95. The Kier molecular flexibility index (Phi) is 6.81. The first-order chi connectivity index (χ1) is 13.7. The standard InChI is InChI=1S/C21H20ClFN4O2.2CH4/c1-5-26-12(3)17-18(24-26)21(29)27(14-8-11(2)20(28)25(4)10-14)19(17)15-7-6-13(22)9-16(15)23;;/h6-10,19H,5H2,1-4H3;2*1H4. The number of carbonyl (C=O) groups excluding carboxylic acids is 1. The third-order valence-corrected chi connectivity index (χ3v) is 5.62. The van der Waals surface area contributed by atoms with E-state index in [-0.39, 0.29) is 31.3 Å². The highest BCUT2D eigenvalue weighted by Gasteiger charge is 2.44. The highest BCUT2D eigenvalue weighted by Crippen LogP contribution is 2.43. The highest BCUT2D eigenvalue weighted by molar-refractivity contribution is 6.30. The van der Waals surface area contributed by atoms with Crippen molar-refractivity contribution in [1.82, 2.24) is 14.3 Å². The summed E-state index contributed by atoms with van der Waals surface area (Å²) in [5, 5.41) is 4.74. The van der Waals surface area contributed by atoms with Crippen molar-refractivity contribution in [2.24, 2.45) is 7.05 Å². The molecule has 0 saturated carbocycles. The summed E-state index contributed by atoms with van der Waals surface area (Å²) in [6.07, 6.45) is 1.59. The van der Waals surface area contributed by atoms with Crippen molar-refractivity contribution in [3.8, 4) is 0 Å². The minimum absolute atomic E-state index is 0. The van der Waals surface area contributed by atoms with E-state index in [0.717, 1.165) is 5.69 Å². The molecule has 31 heavy (non-hydrogen) atoms. The van der Waals surface area contributed by atoms with Gasteiger partial charge in [-0.1, -0.05) is 32.5 Å². The summed E-state index contributed by atoms with van der Waals surface area (Å²) in [6.45, 7) is 6.09. The molecule has 1 aliphatic rings.